The van der Waals surface area contributed by atoms with E-state index in [4.69, 9.17) is 5.11 Å². The van der Waals surface area contributed by atoms with Crippen LogP contribution in [0.3, 0.4) is 0 Å². The van der Waals surface area contributed by atoms with E-state index in [1.807, 2.05) is 28.1 Å². The molecule has 2 N–H and O–H groups in total. The molecule has 0 aromatic rings. The van der Waals surface area contributed by atoms with Crippen molar-refractivity contribution < 1.29 is 24.3 Å². The Kier molecular flexibility index (Phi) is 5.78. The summed E-state index contributed by atoms with van der Waals surface area (Å²) >= 11 is 0. The number of carbonyl (C=O) groups is 2. The van der Waals surface area contributed by atoms with Gasteiger partial charge in [0, 0.05) is 5.92 Å². The lowest BCUT2D eigenvalue weighted by atomic mass is 9.88. The highest BCUT2D eigenvalue weighted by atomic mass is 16.4. The average molecular weight is 246 g/mol. The van der Waals surface area contributed by atoms with Gasteiger partial charge in [-0.05, 0) is 6.42 Å². The molecule has 0 saturated carbocycles. The molecule has 5 nitrogen and oxygen atoms in total. The van der Waals surface area contributed by atoms with Gasteiger partial charge in [-0.25, -0.2) is 0 Å². The molecule has 0 amide bonds. The normalized spacial score (nSPS) is 17.3. The minimum absolute atomic E-state index is 0.235. The van der Waals surface area contributed by atoms with E-state index in [0.717, 1.165) is 0 Å². The number of aliphatic hydroxyl groups is 1. The van der Waals surface area contributed by atoms with E-state index in [0.29, 0.717) is 10.9 Å². The molecule has 0 bridgehead atoms. The van der Waals surface area contributed by atoms with E-state index in [1.165, 1.54) is 0 Å². The van der Waals surface area contributed by atoms with Crippen molar-refractivity contribution in [1.29, 1.82) is 0 Å². The number of carbonyl (C=O) groups excluding carboxylic acids is 1. The fourth-order valence-electron chi connectivity index (χ4n) is 1.65. The van der Waals surface area contributed by atoms with Gasteiger partial charge in [0.15, 0.2) is 5.78 Å². The van der Waals surface area contributed by atoms with Crippen LogP contribution in [0.2, 0.25) is 0 Å². The minimum atomic E-state index is -1.32. The summed E-state index contributed by atoms with van der Waals surface area (Å²) in [6.45, 7) is 3.75. The Hall–Kier alpha value is -0.940. The van der Waals surface area contributed by atoms with Gasteiger partial charge in [-0.1, -0.05) is 13.8 Å². The maximum atomic E-state index is 11.9. The molecule has 0 fully saturated rings. The second kappa shape index (κ2) is 6.12. The Balaban J connectivity index is 4.86. The van der Waals surface area contributed by atoms with E-state index in [2.05, 4.69) is 0 Å². The third-order valence-electron chi connectivity index (χ3n) is 2.79. The quantitative estimate of drug-likeness (QED) is 0.503. The van der Waals surface area contributed by atoms with Gasteiger partial charge in [-0.2, -0.15) is 0 Å². The largest absolute Gasteiger partial charge is 0.481 e. The van der Waals surface area contributed by atoms with Gasteiger partial charge in [0.2, 0.25) is 0 Å². The molecule has 0 aromatic heterocycles. The van der Waals surface area contributed by atoms with Gasteiger partial charge in [0.25, 0.3) is 0 Å². The molecule has 5 heteroatoms. The zero-order chi connectivity index (χ0) is 13.8. The van der Waals surface area contributed by atoms with Crippen LogP contribution in [-0.4, -0.2) is 60.2 Å². The van der Waals surface area contributed by atoms with Crippen molar-refractivity contribution in [2.45, 2.75) is 26.4 Å². The van der Waals surface area contributed by atoms with Crippen molar-refractivity contribution >= 4 is 11.8 Å². The smallest absolute Gasteiger partial charge is 0.316 e. The van der Waals surface area contributed by atoms with E-state index in [1.54, 1.807) is 6.92 Å². The van der Waals surface area contributed by atoms with Crippen LogP contribution in [0.15, 0.2) is 0 Å². The first-order valence-electron chi connectivity index (χ1n) is 5.85. The van der Waals surface area contributed by atoms with Crippen LogP contribution in [0.1, 0.15) is 20.3 Å². The van der Waals surface area contributed by atoms with Crippen molar-refractivity contribution in [3.63, 3.8) is 0 Å². The van der Waals surface area contributed by atoms with E-state index >= 15 is 0 Å². The lowest BCUT2D eigenvalue weighted by Gasteiger charge is -2.29. The number of quaternary nitrogens is 1. The minimum Gasteiger partial charge on any atom is -0.481 e. The molecule has 0 aliphatic rings. The summed E-state index contributed by atoms with van der Waals surface area (Å²) in [6.07, 6.45) is -0.561. The van der Waals surface area contributed by atoms with Crippen LogP contribution in [0, 0.1) is 11.8 Å². The number of Topliss-reactive ketones (excluding diaryl/α,β-unsaturated/α-hetero) is 1. The van der Waals surface area contributed by atoms with Gasteiger partial charge in [-0.15, -0.1) is 0 Å². The molecule has 0 spiro atoms. The fraction of sp³-hybridized carbons (Fsp3) is 0.833. The van der Waals surface area contributed by atoms with E-state index in [9.17, 15) is 14.7 Å². The predicted octanol–water partition coefficient (Wildman–Crippen LogP) is 0.369. The number of hydrogen-bond acceptors (Lipinski definition) is 3. The first-order valence-corrected chi connectivity index (χ1v) is 5.85. The molecular formula is C12H24NO4+. The van der Waals surface area contributed by atoms with Crippen molar-refractivity contribution in [2.24, 2.45) is 11.8 Å². The molecule has 0 heterocycles. The lowest BCUT2D eigenvalue weighted by Crippen LogP contribution is -2.48. The number of likely N-dealkylation sites (N-methyl/N-ethyl adjacent to an activating group) is 1. The van der Waals surface area contributed by atoms with Gasteiger partial charge < -0.3 is 14.7 Å². The van der Waals surface area contributed by atoms with Crippen LogP contribution < -0.4 is 0 Å². The summed E-state index contributed by atoms with van der Waals surface area (Å²) in [5.74, 6) is -3.28. The van der Waals surface area contributed by atoms with Crippen molar-refractivity contribution in [2.75, 3.05) is 27.7 Å². The standard InChI is InChI=1S/C12H23NO4/c1-6-8(2)11(15)10(12(16)17)9(14)7-13(3,4)5/h8-10,14H,6-7H2,1-5H3/p+1/t8-,9+,10-/m0/s1. The summed E-state index contributed by atoms with van der Waals surface area (Å²) in [6, 6.07) is 0. The summed E-state index contributed by atoms with van der Waals surface area (Å²) in [7, 11) is 5.53. The Morgan fingerprint density at radius 2 is 1.71 bits per heavy atom. The molecule has 0 aromatic carbocycles. The molecule has 0 aliphatic carbocycles. The molecule has 0 radical (unpaired) electrons. The highest BCUT2D eigenvalue weighted by Crippen LogP contribution is 2.16. The molecule has 0 rings (SSSR count). The third kappa shape index (κ3) is 5.28. The van der Waals surface area contributed by atoms with E-state index in [-0.39, 0.29) is 18.2 Å². The number of ketones is 1. The number of hydrogen-bond donors (Lipinski definition) is 2. The number of nitrogens with zero attached hydrogens (tertiary/aromatic N) is 1. The predicted molar refractivity (Wildman–Crippen MR) is 64.5 cm³/mol. The Morgan fingerprint density at radius 3 is 2.00 bits per heavy atom. The summed E-state index contributed by atoms with van der Waals surface area (Å²) in [5.41, 5.74) is 0. The second-order valence-electron chi connectivity index (χ2n) is 5.57. The molecule has 0 aliphatic heterocycles. The highest BCUT2D eigenvalue weighted by Gasteiger charge is 2.38. The lowest BCUT2D eigenvalue weighted by molar-refractivity contribution is -0.873. The van der Waals surface area contributed by atoms with Crippen LogP contribution in [0.25, 0.3) is 0 Å². The monoisotopic (exact) mass is 246 g/mol. The zero-order valence-corrected chi connectivity index (χ0v) is 11.3. The van der Waals surface area contributed by atoms with Crippen molar-refractivity contribution in [3.8, 4) is 0 Å². The van der Waals surface area contributed by atoms with Gasteiger partial charge in [0.1, 0.15) is 18.6 Å². The van der Waals surface area contributed by atoms with Crippen LogP contribution in [-0.2, 0) is 9.59 Å². The summed E-state index contributed by atoms with van der Waals surface area (Å²) in [5, 5.41) is 19.0. The first-order chi connectivity index (χ1) is 7.60. The molecule has 3 atom stereocenters. The Labute approximate surface area is 103 Å². The molecule has 0 unspecified atom stereocenters. The highest BCUT2D eigenvalue weighted by molar-refractivity contribution is 5.99. The first kappa shape index (κ1) is 16.1. The van der Waals surface area contributed by atoms with E-state index < -0.39 is 18.0 Å². The van der Waals surface area contributed by atoms with Gasteiger partial charge in [0.05, 0.1) is 21.1 Å². The second-order valence-corrected chi connectivity index (χ2v) is 5.57. The fourth-order valence-corrected chi connectivity index (χ4v) is 1.65. The van der Waals surface area contributed by atoms with Crippen LogP contribution >= 0.6 is 0 Å². The topological polar surface area (TPSA) is 74.6 Å². The van der Waals surface area contributed by atoms with Gasteiger partial charge >= 0.3 is 5.97 Å². The zero-order valence-electron chi connectivity index (χ0n) is 11.3. The van der Waals surface area contributed by atoms with Crippen LogP contribution in [0.5, 0.6) is 0 Å². The van der Waals surface area contributed by atoms with Crippen molar-refractivity contribution in [1.82, 2.24) is 0 Å². The molecular weight excluding hydrogens is 222 g/mol. The summed E-state index contributed by atoms with van der Waals surface area (Å²) in [4.78, 5) is 23.0. The number of aliphatic hydroxyl groups excluding tert-OH is 1. The number of carboxylic acid groups (broad SMARTS) is 1. The molecule has 17 heavy (non-hydrogen) atoms. The maximum absolute atomic E-state index is 11.9. The number of aliphatic carboxylic acids is 1. The molecule has 0 saturated heterocycles. The summed E-state index contributed by atoms with van der Waals surface area (Å²) < 4.78 is 0.415. The number of carboxylic acids is 1. The molecule has 100 valence electrons. The average Bonchev–Trinajstić information content (AvgIpc) is 2.12. The SMILES string of the molecule is CC[C@H](C)C(=O)[C@@H](C(=O)O)[C@H](O)C[N+](C)(C)C. The van der Waals surface area contributed by atoms with Crippen LogP contribution in [0.4, 0.5) is 0 Å². The Morgan fingerprint density at radius 1 is 1.24 bits per heavy atom. The Bertz CT molecular complexity index is 283. The van der Waals surface area contributed by atoms with Gasteiger partial charge in [-0.3, -0.25) is 9.59 Å². The third-order valence-corrected chi connectivity index (χ3v) is 2.79. The maximum Gasteiger partial charge on any atom is 0.316 e. The van der Waals surface area contributed by atoms with Crippen molar-refractivity contribution in [3.05, 3.63) is 0 Å². The number of rotatable bonds is 7.